The van der Waals surface area contributed by atoms with Crippen LogP contribution in [0.5, 0.6) is 17.4 Å². The number of fused-ring (bicyclic) bond motifs is 1. The van der Waals surface area contributed by atoms with E-state index in [9.17, 15) is 18.0 Å². The molecule has 48 heavy (non-hydrogen) atoms. The molecule has 1 unspecified atom stereocenters. The average Bonchev–Trinajstić information content (AvgIpc) is 3.35. The number of likely N-dealkylation sites (tertiary alicyclic amines) is 1. The summed E-state index contributed by atoms with van der Waals surface area (Å²) < 4.78 is 52.1. The van der Waals surface area contributed by atoms with E-state index in [4.69, 9.17) is 30.5 Å². The molecule has 2 saturated heterocycles. The number of anilines is 1. The van der Waals surface area contributed by atoms with E-state index in [1.165, 1.54) is 74.9 Å². The molecule has 15 heteroatoms. The van der Waals surface area contributed by atoms with Gasteiger partial charge in [0, 0.05) is 55.1 Å². The second-order valence-corrected chi connectivity index (χ2v) is 14.1. The van der Waals surface area contributed by atoms with Crippen LogP contribution in [-0.4, -0.2) is 114 Å². The van der Waals surface area contributed by atoms with Gasteiger partial charge in [-0.15, -0.1) is 0 Å². The molecular formula is C33H38ClN5O8S. The molecule has 0 spiro atoms. The molecule has 0 bridgehead atoms. The maximum Gasteiger partial charge on any atom is 0.411 e. The van der Waals surface area contributed by atoms with E-state index >= 15 is 0 Å². The molecule has 1 atom stereocenters. The van der Waals surface area contributed by atoms with Gasteiger partial charge in [0.2, 0.25) is 5.88 Å². The Hall–Kier alpha value is -4.11. The van der Waals surface area contributed by atoms with Gasteiger partial charge < -0.3 is 28.7 Å². The standard InChI is InChI=1S/C33H38ClN5O8S/c1-36-14-11-23(12-15-36)37-16-18-38(19-17-37)32(41)47-33(25-6-5-13-35-30(25)46-4)26-20-22(34)7-9-27(26)39(31(33)40)48(42,43)29-10-8-24(44-2)21-28(29)45-3/h5-10,13,20-21,23H,11-12,14-19H2,1-4H3. The maximum absolute atomic E-state index is 15.0. The number of carbonyl (C=O) groups is 2. The second-order valence-electron chi connectivity index (χ2n) is 11.9. The molecule has 4 heterocycles. The second kappa shape index (κ2) is 13.4. The van der Waals surface area contributed by atoms with E-state index in [-0.39, 0.29) is 38.4 Å². The van der Waals surface area contributed by atoms with Crippen LogP contribution in [0, 0.1) is 0 Å². The largest absolute Gasteiger partial charge is 0.497 e. The summed E-state index contributed by atoms with van der Waals surface area (Å²) in [5.41, 5.74) is -2.29. The Bertz CT molecular complexity index is 1810. The van der Waals surface area contributed by atoms with Crippen molar-refractivity contribution in [2.24, 2.45) is 0 Å². The van der Waals surface area contributed by atoms with Gasteiger partial charge in [0.15, 0.2) is 0 Å². The predicted octanol–water partition coefficient (Wildman–Crippen LogP) is 3.59. The average molecular weight is 700 g/mol. The van der Waals surface area contributed by atoms with Crippen LogP contribution in [-0.2, 0) is 25.2 Å². The van der Waals surface area contributed by atoms with Crippen molar-refractivity contribution in [2.75, 3.05) is 72.0 Å². The molecule has 3 aliphatic heterocycles. The number of hydrogen-bond donors (Lipinski definition) is 0. The van der Waals surface area contributed by atoms with E-state index in [0.717, 1.165) is 25.9 Å². The van der Waals surface area contributed by atoms with E-state index in [2.05, 4.69) is 21.8 Å². The third-order valence-electron chi connectivity index (χ3n) is 9.29. The van der Waals surface area contributed by atoms with Crippen LogP contribution in [0.4, 0.5) is 10.5 Å². The number of amides is 2. The van der Waals surface area contributed by atoms with Gasteiger partial charge in [0.1, 0.15) is 16.4 Å². The third kappa shape index (κ3) is 5.80. The highest BCUT2D eigenvalue weighted by Gasteiger charge is 2.61. The van der Waals surface area contributed by atoms with Crippen molar-refractivity contribution < 1.29 is 37.0 Å². The maximum atomic E-state index is 15.0. The van der Waals surface area contributed by atoms with E-state index in [1.807, 2.05) is 0 Å². The summed E-state index contributed by atoms with van der Waals surface area (Å²) in [6.07, 6.45) is 2.78. The van der Waals surface area contributed by atoms with Crippen LogP contribution in [0.2, 0.25) is 5.02 Å². The first-order chi connectivity index (χ1) is 23.0. The van der Waals surface area contributed by atoms with Gasteiger partial charge in [-0.1, -0.05) is 11.6 Å². The summed E-state index contributed by atoms with van der Waals surface area (Å²) in [6.45, 7) is 4.06. The molecule has 3 aliphatic rings. The molecule has 0 saturated carbocycles. The number of piperidine rings is 1. The lowest BCUT2D eigenvalue weighted by molar-refractivity contribution is -0.132. The number of carbonyl (C=O) groups excluding carboxylic acids is 2. The monoisotopic (exact) mass is 699 g/mol. The lowest BCUT2D eigenvalue weighted by Crippen LogP contribution is -2.55. The van der Waals surface area contributed by atoms with E-state index < -0.39 is 27.6 Å². The molecule has 13 nitrogen and oxygen atoms in total. The minimum Gasteiger partial charge on any atom is -0.497 e. The molecule has 0 radical (unpaired) electrons. The fourth-order valence-corrected chi connectivity index (χ4v) is 8.49. The van der Waals surface area contributed by atoms with Gasteiger partial charge in [-0.25, -0.2) is 18.2 Å². The molecule has 6 rings (SSSR count). The fourth-order valence-electron chi connectivity index (χ4n) is 6.72. The highest BCUT2D eigenvalue weighted by molar-refractivity contribution is 7.93. The lowest BCUT2D eigenvalue weighted by Gasteiger charge is -2.42. The van der Waals surface area contributed by atoms with Crippen molar-refractivity contribution in [3.05, 3.63) is 70.9 Å². The SMILES string of the molecule is COc1ccc(S(=O)(=O)N2C(=O)C(OC(=O)N3CCN(C4CCN(C)CC4)CC3)(c3cccnc3OC)c3cc(Cl)ccc32)c(OC)c1. The van der Waals surface area contributed by atoms with Gasteiger partial charge in [-0.05, 0) is 75.4 Å². The molecule has 0 N–H and O–H groups in total. The van der Waals surface area contributed by atoms with Crippen LogP contribution < -0.4 is 18.5 Å². The Morgan fingerprint density at radius 3 is 2.31 bits per heavy atom. The van der Waals surface area contributed by atoms with Crippen LogP contribution >= 0.6 is 11.6 Å². The van der Waals surface area contributed by atoms with E-state index in [1.54, 1.807) is 6.07 Å². The zero-order chi connectivity index (χ0) is 34.2. The molecule has 2 fully saturated rings. The quantitative estimate of drug-likeness (QED) is 0.342. The molecule has 3 aromatic rings. The van der Waals surface area contributed by atoms with Gasteiger partial charge in [0.05, 0.1) is 32.6 Å². The first-order valence-corrected chi connectivity index (χ1v) is 17.4. The van der Waals surface area contributed by atoms with Crippen LogP contribution in [0.25, 0.3) is 0 Å². The summed E-state index contributed by atoms with van der Waals surface area (Å²) in [5, 5.41) is 0.192. The Morgan fingerprint density at radius 2 is 1.65 bits per heavy atom. The third-order valence-corrected chi connectivity index (χ3v) is 11.3. The molecule has 0 aliphatic carbocycles. The molecule has 256 valence electrons. The minimum absolute atomic E-state index is 0.0297. The van der Waals surface area contributed by atoms with Crippen molar-refractivity contribution in [2.45, 2.75) is 29.4 Å². The number of pyridine rings is 1. The van der Waals surface area contributed by atoms with Crippen molar-refractivity contribution >= 4 is 39.3 Å². The number of sulfonamides is 1. The smallest absolute Gasteiger partial charge is 0.411 e. The molecule has 2 amide bonds. The number of hydrogen-bond acceptors (Lipinski definition) is 11. The summed E-state index contributed by atoms with van der Waals surface area (Å²) in [7, 11) is 1.54. The molecule has 2 aromatic carbocycles. The highest BCUT2D eigenvalue weighted by Crippen LogP contribution is 2.52. The number of halogens is 1. The lowest BCUT2D eigenvalue weighted by atomic mass is 9.87. The Kier molecular flexibility index (Phi) is 9.44. The molecule has 1 aromatic heterocycles. The van der Waals surface area contributed by atoms with Gasteiger partial charge in [0.25, 0.3) is 21.5 Å². The summed E-state index contributed by atoms with van der Waals surface area (Å²) >= 11 is 6.48. The number of rotatable bonds is 8. The summed E-state index contributed by atoms with van der Waals surface area (Å²) in [5.74, 6) is -0.793. The normalized spacial score (nSPS) is 20.8. The number of piperazine rings is 1. The predicted molar refractivity (Wildman–Crippen MR) is 177 cm³/mol. The van der Waals surface area contributed by atoms with Crippen LogP contribution in [0.15, 0.2) is 59.6 Å². The van der Waals surface area contributed by atoms with Crippen molar-refractivity contribution in [3.8, 4) is 17.4 Å². The highest BCUT2D eigenvalue weighted by atomic mass is 35.5. The zero-order valence-electron chi connectivity index (χ0n) is 27.2. The van der Waals surface area contributed by atoms with Crippen LogP contribution in [0.3, 0.4) is 0 Å². The van der Waals surface area contributed by atoms with Crippen molar-refractivity contribution in [3.63, 3.8) is 0 Å². The van der Waals surface area contributed by atoms with Crippen molar-refractivity contribution in [1.82, 2.24) is 19.7 Å². The summed E-state index contributed by atoms with van der Waals surface area (Å²) in [4.78, 5) is 39.3. The summed E-state index contributed by atoms with van der Waals surface area (Å²) in [6, 6.07) is 11.9. The van der Waals surface area contributed by atoms with Crippen molar-refractivity contribution in [1.29, 1.82) is 0 Å². The number of aromatic nitrogens is 1. The Labute approximate surface area is 284 Å². The van der Waals surface area contributed by atoms with Gasteiger partial charge >= 0.3 is 6.09 Å². The van der Waals surface area contributed by atoms with E-state index in [0.29, 0.717) is 42.3 Å². The van der Waals surface area contributed by atoms with Gasteiger partial charge in [-0.2, -0.15) is 4.31 Å². The zero-order valence-corrected chi connectivity index (χ0v) is 28.8. The fraction of sp³-hybridized carbons (Fsp3) is 0.424. The Morgan fingerprint density at radius 1 is 0.917 bits per heavy atom. The number of methoxy groups -OCH3 is 3. The first-order valence-electron chi connectivity index (χ1n) is 15.6. The van der Waals surface area contributed by atoms with Crippen LogP contribution in [0.1, 0.15) is 24.0 Å². The first kappa shape index (κ1) is 33.8. The number of ether oxygens (including phenoxy) is 4. The minimum atomic E-state index is -4.68. The number of nitrogens with zero attached hydrogens (tertiary/aromatic N) is 5. The van der Waals surface area contributed by atoms with Gasteiger partial charge in [-0.3, -0.25) is 9.69 Å². The number of benzene rings is 2. The topological polar surface area (TPSA) is 131 Å². The Balaban J connectivity index is 1.42. The molecular weight excluding hydrogens is 662 g/mol.